The molecule has 1 fully saturated rings. The first-order chi connectivity index (χ1) is 13.2. The van der Waals surface area contributed by atoms with Gasteiger partial charge in [-0.25, -0.2) is 0 Å². The molecule has 0 radical (unpaired) electrons. The van der Waals surface area contributed by atoms with Gasteiger partial charge in [-0.2, -0.15) is 0 Å². The molecule has 0 aromatic carbocycles. The fourth-order valence-electron chi connectivity index (χ4n) is 3.75. The molecule has 1 atom stereocenters. The highest BCUT2D eigenvalue weighted by Crippen LogP contribution is 2.27. The predicted octanol–water partition coefficient (Wildman–Crippen LogP) is 3.01. The van der Waals surface area contributed by atoms with Crippen LogP contribution in [-0.4, -0.2) is 50.0 Å². The van der Waals surface area contributed by atoms with E-state index >= 15 is 0 Å². The van der Waals surface area contributed by atoms with Gasteiger partial charge in [0.2, 0.25) is 0 Å². The van der Waals surface area contributed by atoms with Crippen LogP contribution in [0.5, 0.6) is 0 Å². The van der Waals surface area contributed by atoms with Crippen LogP contribution in [0.2, 0.25) is 0 Å². The van der Waals surface area contributed by atoms with Gasteiger partial charge in [0, 0.05) is 35.2 Å². The summed E-state index contributed by atoms with van der Waals surface area (Å²) in [5.41, 5.74) is 2.60. The van der Waals surface area contributed by atoms with Crippen molar-refractivity contribution in [2.24, 2.45) is 5.92 Å². The van der Waals surface area contributed by atoms with Crippen LogP contribution in [0.1, 0.15) is 48.4 Å². The number of piperidine rings is 1. The Morgan fingerprint density at radius 1 is 1.44 bits per heavy atom. The molecule has 0 saturated carbocycles. The number of fused-ring (bicyclic) bond motifs is 1. The zero-order valence-electron chi connectivity index (χ0n) is 15.4. The van der Waals surface area contributed by atoms with Crippen molar-refractivity contribution in [3.8, 4) is 0 Å². The second kappa shape index (κ2) is 8.14. The van der Waals surface area contributed by atoms with Gasteiger partial charge < -0.3 is 10.3 Å². The molecule has 0 bridgehead atoms. The minimum atomic E-state index is -0.0479. The number of H-pyrrole nitrogens is 1. The fourth-order valence-corrected chi connectivity index (χ4v) is 4.29. The second-order valence-electron chi connectivity index (χ2n) is 7.18. The fraction of sp³-hybridized carbons (Fsp3) is 0.474. The summed E-state index contributed by atoms with van der Waals surface area (Å²) in [5.74, 6) is 0.613. The first-order valence-corrected chi connectivity index (χ1v) is 10.3. The summed E-state index contributed by atoms with van der Waals surface area (Å²) in [6.45, 7) is 5.06. The van der Waals surface area contributed by atoms with Crippen molar-refractivity contribution in [3.05, 3.63) is 41.3 Å². The predicted molar refractivity (Wildman–Crippen MR) is 106 cm³/mol. The maximum Gasteiger partial charge on any atom is 0.267 e. The van der Waals surface area contributed by atoms with Crippen LogP contribution in [0.3, 0.4) is 0 Å². The summed E-state index contributed by atoms with van der Waals surface area (Å²) >= 11 is 1.41. The van der Waals surface area contributed by atoms with Crippen molar-refractivity contribution in [2.45, 2.75) is 32.2 Å². The van der Waals surface area contributed by atoms with Gasteiger partial charge in [-0.3, -0.25) is 14.7 Å². The molecular formula is C19H24N6OS. The Kier molecular flexibility index (Phi) is 5.45. The lowest BCUT2D eigenvalue weighted by Gasteiger charge is -2.35. The minimum Gasteiger partial charge on any atom is -0.351 e. The molecule has 1 saturated heterocycles. The van der Waals surface area contributed by atoms with Gasteiger partial charge in [0.15, 0.2) is 0 Å². The van der Waals surface area contributed by atoms with Gasteiger partial charge in [-0.15, -0.1) is 5.10 Å². The minimum absolute atomic E-state index is 0.0479. The quantitative estimate of drug-likeness (QED) is 0.682. The molecule has 3 aromatic rings. The summed E-state index contributed by atoms with van der Waals surface area (Å²) in [6.07, 6.45) is 6.83. The molecule has 4 rings (SSSR count). The van der Waals surface area contributed by atoms with Gasteiger partial charge >= 0.3 is 0 Å². The number of pyridine rings is 1. The third-order valence-electron chi connectivity index (χ3n) is 5.51. The summed E-state index contributed by atoms with van der Waals surface area (Å²) < 4.78 is 3.97. The van der Waals surface area contributed by atoms with Crippen LogP contribution in [0.25, 0.3) is 10.9 Å². The van der Waals surface area contributed by atoms with Crippen LogP contribution in [0.4, 0.5) is 0 Å². The molecule has 1 aliphatic heterocycles. The van der Waals surface area contributed by atoms with Crippen molar-refractivity contribution >= 4 is 28.3 Å². The Morgan fingerprint density at radius 3 is 3.04 bits per heavy atom. The van der Waals surface area contributed by atoms with Crippen molar-refractivity contribution < 1.29 is 4.79 Å². The summed E-state index contributed by atoms with van der Waals surface area (Å²) in [7, 11) is 0. The number of carbonyl (C=O) groups is 1. The molecular weight excluding hydrogens is 360 g/mol. The molecule has 4 heterocycles. The number of aromatic amines is 1. The van der Waals surface area contributed by atoms with Crippen LogP contribution in [0, 0.1) is 5.92 Å². The molecule has 1 aliphatic rings. The monoisotopic (exact) mass is 384 g/mol. The number of hydrogen-bond donors (Lipinski definition) is 2. The van der Waals surface area contributed by atoms with Gasteiger partial charge in [0.1, 0.15) is 5.69 Å². The SMILES string of the molecule is CC(c1csnn1)N1CCC(CCNC(=O)c2cc3cnccc3[nH]2)CC1. The summed E-state index contributed by atoms with van der Waals surface area (Å²) in [6, 6.07) is 4.06. The molecule has 1 amide bonds. The van der Waals surface area contributed by atoms with E-state index in [1.54, 1.807) is 12.4 Å². The van der Waals surface area contributed by atoms with Crippen LogP contribution >= 0.6 is 11.5 Å². The van der Waals surface area contributed by atoms with Crippen LogP contribution in [0.15, 0.2) is 29.9 Å². The number of aromatic nitrogens is 4. The average molecular weight is 385 g/mol. The zero-order valence-corrected chi connectivity index (χ0v) is 16.2. The second-order valence-corrected chi connectivity index (χ2v) is 7.79. The van der Waals surface area contributed by atoms with Crippen molar-refractivity contribution in [1.82, 2.24) is 29.8 Å². The lowest BCUT2D eigenvalue weighted by molar-refractivity contribution is 0.0941. The first-order valence-electron chi connectivity index (χ1n) is 9.42. The van der Waals surface area contributed by atoms with E-state index in [9.17, 15) is 4.79 Å². The summed E-state index contributed by atoms with van der Waals surface area (Å²) in [5, 5.41) is 10.2. The Bertz CT molecular complexity index is 852. The maximum absolute atomic E-state index is 12.3. The highest BCUT2D eigenvalue weighted by atomic mass is 32.1. The number of amides is 1. The maximum atomic E-state index is 12.3. The Labute approximate surface area is 162 Å². The molecule has 8 heteroatoms. The third kappa shape index (κ3) is 4.17. The van der Waals surface area contributed by atoms with E-state index in [0.717, 1.165) is 48.9 Å². The zero-order chi connectivity index (χ0) is 18.6. The molecule has 0 aliphatic carbocycles. The summed E-state index contributed by atoms with van der Waals surface area (Å²) in [4.78, 5) is 22.0. The average Bonchev–Trinajstić information content (AvgIpc) is 3.37. The van der Waals surface area contributed by atoms with E-state index in [1.165, 1.54) is 11.5 Å². The molecule has 7 nitrogen and oxygen atoms in total. The van der Waals surface area contributed by atoms with Gasteiger partial charge in [-0.05, 0) is 68.9 Å². The van der Waals surface area contributed by atoms with E-state index < -0.39 is 0 Å². The third-order valence-corrected chi connectivity index (χ3v) is 6.03. The molecule has 27 heavy (non-hydrogen) atoms. The van der Waals surface area contributed by atoms with Crippen molar-refractivity contribution in [2.75, 3.05) is 19.6 Å². The van der Waals surface area contributed by atoms with E-state index in [0.29, 0.717) is 24.2 Å². The van der Waals surface area contributed by atoms with Crippen molar-refractivity contribution in [1.29, 1.82) is 0 Å². The smallest absolute Gasteiger partial charge is 0.267 e. The number of nitrogens with zero attached hydrogens (tertiary/aromatic N) is 4. The molecule has 142 valence electrons. The normalized spacial score (nSPS) is 17.2. The molecule has 2 N–H and O–H groups in total. The lowest BCUT2D eigenvalue weighted by Crippen LogP contribution is -2.37. The lowest BCUT2D eigenvalue weighted by atomic mass is 9.92. The van der Waals surface area contributed by atoms with Crippen LogP contribution < -0.4 is 5.32 Å². The number of nitrogens with one attached hydrogen (secondary N) is 2. The number of rotatable bonds is 6. The van der Waals surface area contributed by atoms with E-state index in [1.807, 2.05) is 17.5 Å². The largest absolute Gasteiger partial charge is 0.351 e. The van der Waals surface area contributed by atoms with Gasteiger partial charge in [0.25, 0.3) is 5.91 Å². The number of likely N-dealkylation sites (tertiary alicyclic amines) is 1. The molecule has 0 spiro atoms. The highest BCUT2D eigenvalue weighted by Gasteiger charge is 2.24. The number of carbonyl (C=O) groups excluding carboxylic acids is 1. The highest BCUT2D eigenvalue weighted by molar-refractivity contribution is 7.03. The van der Waals surface area contributed by atoms with Crippen LogP contribution in [-0.2, 0) is 0 Å². The van der Waals surface area contributed by atoms with E-state index in [4.69, 9.17) is 0 Å². The van der Waals surface area contributed by atoms with E-state index in [-0.39, 0.29) is 5.91 Å². The Morgan fingerprint density at radius 2 is 2.30 bits per heavy atom. The first kappa shape index (κ1) is 18.1. The van der Waals surface area contributed by atoms with E-state index in [2.05, 4.69) is 36.7 Å². The van der Waals surface area contributed by atoms with Crippen molar-refractivity contribution in [3.63, 3.8) is 0 Å². The Hall–Kier alpha value is -2.32. The molecule has 3 aromatic heterocycles. The standard InChI is InChI=1S/C19H24N6OS/c1-13(18-12-27-24-23-18)25-8-4-14(5-9-25)2-7-21-19(26)17-10-15-11-20-6-3-16(15)22-17/h3,6,10-14,22H,2,4-5,7-9H2,1H3,(H,21,26). The van der Waals surface area contributed by atoms with Gasteiger partial charge in [0.05, 0.1) is 11.7 Å². The number of hydrogen-bond acceptors (Lipinski definition) is 6. The topological polar surface area (TPSA) is 86.8 Å². The Balaban J connectivity index is 1.21. The molecule has 1 unspecified atom stereocenters. The van der Waals surface area contributed by atoms with Gasteiger partial charge in [-0.1, -0.05) is 4.49 Å².